The SMILES string of the molecule is CNC(c1cc(Br)ccc1F)C1CC2CCC(C1)N2C. The summed E-state index contributed by atoms with van der Waals surface area (Å²) in [5.41, 5.74) is 0.802. The van der Waals surface area contributed by atoms with E-state index in [4.69, 9.17) is 0 Å². The Kier molecular flexibility index (Phi) is 4.16. The summed E-state index contributed by atoms with van der Waals surface area (Å²) in [7, 11) is 4.19. The molecule has 1 aromatic rings. The van der Waals surface area contributed by atoms with E-state index in [2.05, 4.69) is 33.2 Å². The second-order valence-corrected chi connectivity index (χ2v) is 7.13. The molecular formula is C16H22BrFN2. The number of hydrogen-bond donors (Lipinski definition) is 1. The molecule has 0 amide bonds. The normalized spacial score (nSPS) is 31.5. The second kappa shape index (κ2) is 5.74. The molecule has 0 saturated carbocycles. The summed E-state index contributed by atoms with van der Waals surface area (Å²) in [6.45, 7) is 0. The molecule has 2 bridgehead atoms. The Morgan fingerprint density at radius 3 is 2.55 bits per heavy atom. The minimum Gasteiger partial charge on any atom is -0.313 e. The lowest BCUT2D eigenvalue weighted by Crippen LogP contribution is -2.43. The van der Waals surface area contributed by atoms with Crippen molar-refractivity contribution in [3.63, 3.8) is 0 Å². The number of nitrogens with zero attached hydrogens (tertiary/aromatic N) is 1. The van der Waals surface area contributed by atoms with Crippen LogP contribution in [0.15, 0.2) is 22.7 Å². The topological polar surface area (TPSA) is 15.3 Å². The van der Waals surface area contributed by atoms with Gasteiger partial charge in [-0.1, -0.05) is 15.9 Å². The number of fused-ring (bicyclic) bond motifs is 2. The van der Waals surface area contributed by atoms with Crippen LogP contribution in [0.4, 0.5) is 4.39 Å². The molecule has 3 atom stereocenters. The van der Waals surface area contributed by atoms with Crippen molar-refractivity contribution in [1.82, 2.24) is 10.2 Å². The van der Waals surface area contributed by atoms with Crippen LogP contribution in [0.3, 0.4) is 0 Å². The number of piperidine rings is 1. The van der Waals surface area contributed by atoms with Gasteiger partial charge < -0.3 is 10.2 Å². The third kappa shape index (κ3) is 2.53. The molecule has 20 heavy (non-hydrogen) atoms. The van der Waals surface area contributed by atoms with Crippen molar-refractivity contribution in [3.05, 3.63) is 34.1 Å². The lowest BCUT2D eigenvalue weighted by molar-refractivity contribution is 0.113. The van der Waals surface area contributed by atoms with Gasteiger partial charge in [0.1, 0.15) is 5.82 Å². The van der Waals surface area contributed by atoms with E-state index >= 15 is 0 Å². The van der Waals surface area contributed by atoms with Gasteiger partial charge in [-0.05, 0) is 63.9 Å². The standard InChI is InChI=1S/C16H22BrFN2/c1-19-16(14-9-11(17)3-6-15(14)18)10-7-12-4-5-13(8-10)20(12)2/h3,6,9-10,12-13,16,19H,4-5,7-8H2,1-2H3. The molecule has 2 saturated heterocycles. The molecular weight excluding hydrogens is 319 g/mol. The third-order valence-electron chi connectivity index (χ3n) is 5.21. The van der Waals surface area contributed by atoms with Crippen molar-refractivity contribution in [2.45, 2.75) is 43.8 Å². The highest BCUT2D eigenvalue weighted by molar-refractivity contribution is 9.10. The van der Waals surface area contributed by atoms with Crippen molar-refractivity contribution in [1.29, 1.82) is 0 Å². The van der Waals surface area contributed by atoms with Gasteiger partial charge in [0.05, 0.1) is 0 Å². The van der Waals surface area contributed by atoms with Crippen molar-refractivity contribution in [3.8, 4) is 0 Å². The molecule has 1 N–H and O–H groups in total. The molecule has 2 fully saturated rings. The fourth-order valence-corrected chi connectivity index (χ4v) is 4.50. The lowest BCUT2D eigenvalue weighted by Gasteiger charge is -2.40. The van der Waals surface area contributed by atoms with Gasteiger partial charge in [-0.25, -0.2) is 4.39 Å². The van der Waals surface area contributed by atoms with E-state index in [0.717, 1.165) is 10.0 Å². The monoisotopic (exact) mass is 340 g/mol. The summed E-state index contributed by atoms with van der Waals surface area (Å²) in [6.07, 6.45) is 4.94. The van der Waals surface area contributed by atoms with Crippen LogP contribution in [-0.4, -0.2) is 31.1 Å². The van der Waals surface area contributed by atoms with E-state index < -0.39 is 0 Å². The van der Waals surface area contributed by atoms with Crippen LogP contribution in [0.25, 0.3) is 0 Å². The predicted octanol–water partition coefficient (Wildman–Crippen LogP) is 3.72. The zero-order chi connectivity index (χ0) is 14.3. The van der Waals surface area contributed by atoms with Crippen molar-refractivity contribution in [2.24, 2.45) is 5.92 Å². The van der Waals surface area contributed by atoms with Crippen LogP contribution in [-0.2, 0) is 0 Å². The zero-order valence-corrected chi connectivity index (χ0v) is 13.7. The van der Waals surface area contributed by atoms with Gasteiger partial charge in [-0.15, -0.1) is 0 Å². The number of rotatable bonds is 3. The Morgan fingerprint density at radius 2 is 1.95 bits per heavy atom. The maximum Gasteiger partial charge on any atom is 0.128 e. The summed E-state index contributed by atoms with van der Waals surface area (Å²) in [5.74, 6) is 0.427. The average Bonchev–Trinajstić information content (AvgIpc) is 2.66. The molecule has 2 aliphatic heterocycles. The quantitative estimate of drug-likeness (QED) is 0.901. The average molecular weight is 341 g/mol. The molecule has 1 aromatic carbocycles. The first-order valence-corrected chi connectivity index (χ1v) is 8.23. The third-order valence-corrected chi connectivity index (χ3v) is 5.70. The first-order valence-electron chi connectivity index (χ1n) is 7.44. The summed E-state index contributed by atoms with van der Waals surface area (Å²) in [5, 5.41) is 3.36. The molecule has 0 spiro atoms. The maximum absolute atomic E-state index is 14.2. The Hall–Kier alpha value is -0.450. The maximum atomic E-state index is 14.2. The van der Waals surface area contributed by atoms with Gasteiger partial charge in [0.25, 0.3) is 0 Å². The fraction of sp³-hybridized carbons (Fsp3) is 0.625. The van der Waals surface area contributed by atoms with Crippen LogP contribution in [0.5, 0.6) is 0 Å². The van der Waals surface area contributed by atoms with Gasteiger partial charge in [-0.3, -0.25) is 0 Å². The summed E-state index contributed by atoms with van der Waals surface area (Å²) in [6, 6.07) is 6.74. The highest BCUT2D eigenvalue weighted by atomic mass is 79.9. The van der Waals surface area contributed by atoms with Gasteiger partial charge in [0.15, 0.2) is 0 Å². The van der Waals surface area contributed by atoms with E-state index in [9.17, 15) is 4.39 Å². The Bertz CT molecular complexity index is 479. The number of benzene rings is 1. The molecule has 3 rings (SSSR count). The lowest BCUT2D eigenvalue weighted by atomic mass is 9.82. The van der Waals surface area contributed by atoms with Gasteiger partial charge in [-0.2, -0.15) is 0 Å². The van der Waals surface area contributed by atoms with Crippen LogP contribution >= 0.6 is 15.9 Å². The largest absolute Gasteiger partial charge is 0.313 e. The molecule has 2 aliphatic rings. The minimum atomic E-state index is -0.0983. The highest BCUT2D eigenvalue weighted by Crippen LogP contribution is 2.43. The smallest absolute Gasteiger partial charge is 0.128 e. The molecule has 2 nitrogen and oxygen atoms in total. The van der Waals surface area contributed by atoms with Crippen LogP contribution in [0, 0.1) is 11.7 Å². The first-order chi connectivity index (χ1) is 9.60. The fourth-order valence-electron chi connectivity index (χ4n) is 4.12. The van der Waals surface area contributed by atoms with Gasteiger partial charge >= 0.3 is 0 Å². The number of halogens is 2. The highest BCUT2D eigenvalue weighted by Gasteiger charge is 2.41. The number of hydrogen-bond acceptors (Lipinski definition) is 2. The first kappa shape index (κ1) is 14.5. The van der Waals surface area contributed by atoms with E-state index in [1.54, 1.807) is 12.1 Å². The molecule has 2 heterocycles. The van der Waals surface area contributed by atoms with E-state index in [1.165, 1.54) is 25.7 Å². The molecule has 110 valence electrons. The Morgan fingerprint density at radius 1 is 1.30 bits per heavy atom. The summed E-state index contributed by atoms with van der Waals surface area (Å²) in [4.78, 5) is 2.53. The molecule has 3 unspecified atom stereocenters. The molecule has 0 radical (unpaired) electrons. The van der Waals surface area contributed by atoms with Crippen LogP contribution in [0.1, 0.15) is 37.3 Å². The van der Waals surface area contributed by atoms with Crippen LogP contribution < -0.4 is 5.32 Å². The Labute approximate surface area is 128 Å². The zero-order valence-electron chi connectivity index (χ0n) is 12.1. The second-order valence-electron chi connectivity index (χ2n) is 6.21. The van der Waals surface area contributed by atoms with Crippen molar-refractivity contribution >= 4 is 15.9 Å². The summed E-state index contributed by atoms with van der Waals surface area (Å²) >= 11 is 3.46. The van der Waals surface area contributed by atoms with Gasteiger partial charge in [0, 0.05) is 28.2 Å². The van der Waals surface area contributed by atoms with E-state index in [-0.39, 0.29) is 11.9 Å². The van der Waals surface area contributed by atoms with Crippen molar-refractivity contribution in [2.75, 3.05) is 14.1 Å². The molecule has 4 heteroatoms. The molecule has 0 aromatic heterocycles. The Balaban J connectivity index is 1.85. The minimum absolute atomic E-state index is 0.0983. The van der Waals surface area contributed by atoms with Gasteiger partial charge in [0.2, 0.25) is 0 Å². The van der Waals surface area contributed by atoms with E-state index in [0.29, 0.717) is 18.0 Å². The molecule has 0 aliphatic carbocycles. The number of nitrogens with one attached hydrogen (secondary N) is 1. The van der Waals surface area contributed by atoms with E-state index in [1.807, 2.05) is 13.1 Å². The van der Waals surface area contributed by atoms with Crippen molar-refractivity contribution < 1.29 is 4.39 Å². The van der Waals surface area contributed by atoms with Crippen LogP contribution in [0.2, 0.25) is 0 Å². The predicted molar refractivity (Wildman–Crippen MR) is 83.2 cm³/mol. The summed E-state index contributed by atoms with van der Waals surface area (Å²) < 4.78 is 15.1.